The van der Waals surface area contributed by atoms with Crippen LogP contribution in [0.1, 0.15) is 30.4 Å². The van der Waals surface area contributed by atoms with E-state index >= 15 is 0 Å². The minimum absolute atomic E-state index is 0.121. The summed E-state index contributed by atoms with van der Waals surface area (Å²) < 4.78 is 0. The van der Waals surface area contributed by atoms with Gasteiger partial charge >= 0.3 is 0 Å². The van der Waals surface area contributed by atoms with Crippen LogP contribution in [0.25, 0.3) is 0 Å². The molecule has 0 aromatic heterocycles. The second-order valence-corrected chi connectivity index (χ2v) is 6.21. The Bertz CT molecular complexity index is 545. The van der Waals surface area contributed by atoms with E-state index in [1.165, 1.54) is 6.42 Å². The third-order valence-corrected chi connectivity index (χ3v) is 4.60. The number of rotatable bonds is 3. The minimum Gasteiger partial charge on any atom is -0.389 e. The Morgan fingerprint density at radius 3 is 2.63 bits per heavy atom. The summed E-state index contributed by atoms with van der Waals surface area (Å²) in [7, 11) is 0. The average molecular weight is 274 g/mol. The molecule has 1 aromatic rings. The predicted octanol–water partition coefficient (Wildman–Crippen LogP) is 2.61. The summed E-state index contributed by atoms with van der Waals surface area (Å²) in [6.07, 6.45) is 3.42. The van der Waals surface area contributed by atoms with Crippen molar-refractivity contribution in [3.05, 3.63) is 29.3 Å². The maximum absolute atomic E-state index is 12.3. The largest absolute Gasteiger partial charge is 0.389 e. The summed E-state index contributed by atoms with van der Waals surface area (Å²) in [5.41, 5.74) is 8.29. The zero-order valence-electron chi connectivity index (χ0n) is 11.0. The number of hydrogen-bond acceptors (Lipinski definition) is 2. The van der Waals surface area contributed by atoms with Gasteiger partial charge in [-0.3, -0.25) is 4.79 Å². The van der Waals surface area contributed by atoms with Gasteiger partial charge in [0.05, 0.1) is 5.69 Å². The number of carbonyl (C=O) groups excluding carboxylic acids is 1. The molecular weight excluding hydrogens is 256 g/mol. The molecule has 0 saturated heterocycles. The fraction of sp³-hybridized carbons (Fsp3) is 0.467. The van der Waals surface area contributed by atoms with E-state index in [2.05, 4.69) is 5.32 Å². The van der Waals surface area contributed by atoms with Crippen molar-refractivity contribution in [1.82, 2.24) is 0 Å². The van der Waals surface area contributed by atoms with Crippen molar-refractivity contribution in [1.29, 1.82) is 0 Å². The lowest BCUT2D eigenvalue weighted by atomic mass is 10.0. The van der Waals surface area contributed by atoms with Crippen LogP contribution < -0.4 is 11.1 Å². The molecule has 0 bridgehead atoms. The molecule has 3 N–H and O–H groups in total. The number of hydrogen-bond donors (Lipinski definition) is 2. The summed E-state index contributed by atoms with van der Waals surface area (Å²) in [6, 6.07) is 5.74. The van der Waals surface area contributed by atoms with Gasteiger partial charge in [-0.15, -0.1) is 0 Å². The molecule has 100 valence electrons. The molecule has 4 heteroatoms. The number of thiocarbonyl (C=S) groups is 1. The lowest BCUT2D eigenvalue weighted by molar-refractivity contribution is -0.120. The van der Waals surface area contributed by atoms with Crippen LogP contribution in [0.3, 0.4) is 0 Å². The number of amides is 1. The summed E-state index contributed by atoms with van der Waals surface area (Å²) in [5, 5.41) is 3.01. The highest BCUT2D eigenvalue weighted by atomic mass is 32.1. The monoisotopic (exact) mass is 274 g/mol. The van der Waals surface area contributed by atoms with Crippen molar-refractivity contribution in [2.24, 2.45) is 23.5 Å². The van der Waals surface area contributed by atoms with Crippen LogP contribution >= 0.6 is 12.2 Å². The van der Waals surface area contributed by atoms with Gasteiger partial charge in [-0.05, 0) is 49.7 Å². The lowest BCUT2D eigenvalue weighted by Crippen LogP contribution is -2.24. The van der Waals surface area contributed by atoms with Crippen LogP contribution in [-0.2, 0) is 4.79 Å². The first-order chi connectivity index (χ1) is 9.06. The van der Waals surface area contributed by atoms with Crippen LogP contribution in [0.2, 0.25) is 0 Å². The van der Waals surface area contributed by atoms with E-state index in [0.29, 0.717) is 4.99 Å². The third kappa shape index (κ3) is 2.37. The summed E-state index contributed by atoms with van der Waals surface area (Å²) in [4.78, 5) is 12.6. The summed E-state index contributed by atoms with van der Waals surface area (Å²) in [6.45, 7) is 1.95. The van der Waals surface area contributed by atoms with Crippen molar-refractivity contribution < 1.29 is 4.79 Å². The molecule has 0 heterocycles. The Morgan fingerprint density at radius 2 is 2.00 bits per heavy atom. The fourth-order valence-electron chi connectivity index (χ4n) is 3.26. The van der Waals surface area contributed by atoms with E-state index in [0.717, 1.165) is 41.5 Å². The zero-order valence-corrected chi connectivity index (χ0v) is 11.8. The molecule has 19 heavy (non-hydrogen) atoms. The highest BCUT2D eigenvalue weighted by molar-refractivity contribution is 7.80. The molecule has 2 unspecified atom stereocenters. The quantitative estimate of drug-likeness (QED) is 0.833. The molecule has 0 spiro atoms. The van der Waals surface area contributed by atoms with Crippen molar-refractivity contribution in [3.63, 3.8) is 0 Å². The summed E-state index contributed by atoms with van der Waals surface area (Å²) in [5.74, 6) is 1.91. The van der Waals surface area contributed by atoms with Gasteiger partial charge in [0.15, 0.2) is 0 Å². The predicted molar refractivity (Wildman–Crippen MR) is 80.0 cm³/mol. The Morgan fingerprint density at radius 1 is 1.32 bits per heavy atom. The molecule has 2 aliphatic carbocycles. The van der Waals surface area contributed by atoms with Crippen LogP contribution in [0.5, 0.6) is 0 Å². The molecule has 0 aliphatic heterocycles. The molecule has 2 saturated carbocycles. The maximum Gasteiger partial charge on any atom is 0.227 e. The van der Waals surface area contributed by atoms with E-state index in [4.69, 9.17) is 18.0 Å². The Kier molecular flexibility index (Phi) is 3.05. The highest BCUT2D eigenvalue weighted by Gasteiger charge is 2.48. The maximum atomic E-state index is 12.3. The van der Waals surface area contributed by atoms with E-state index in [1.807, 2.05) is 25.1 Å². The molecule has 2 atom stereocenters. The van der Waals surface area contributed by atoms with Gasteiger partial charge in [-0.25, -0.2) is 0 Å². The van der Waals surface area contributed by atoms with Crippen LogP contribution in [0.15, 0.2) is 18.2 Å². The van der Waals surface area contributed by atoms with Gasteiger partial charge in [-0.2, -0.15) is 0 Å². The van der Waals surface area contributed by atoms with Crippen molar-refractivity contribution in [2.45, 2.75) is 26.2 Å². The lowest BCUT2D eigenvalue weighted by Gasteiger charge is -2.16. The number of carbonyl (C=O) groups is 1. The fourth-order valence-corrected chi connectivity index (χ4v) is 3.53. The van der Waals surface area contributed by atoms with Gasteiger partial charge in [0, 0.05) is 11.5 Å². The number of nitrogens with two attached hydrogens (primary N) is 1. The second kappa shape index (κ2) is 4.60. The molecule has 2 aliphatic rings. The smallest absolute Gasteiger partial charge is 0.227 e. The molecular formula is C15H18N2OS. The zero-order chi connectivity index (χ0) is 13.6. The van der Waals surface area contributed by atoms with Gasteiger partial charge in [0.2, 0.25) is 5.91 Å². The van der Waals surface area contributed by atoms with Crippen LogP contribution in [0.4, 0.5) is 5.69 Å². The van der Waals surface area contributed by atoms with Gasteiger partial charge in [0.1, 0.15) is 4.99 Å². The topological polar surface area (TPSA) is 55.1 Å². The molecule has 1 aromatic carbocycles. The highest BCUT2D eigenvalue weighted by Crippen LogP contribution is 2.54. The van der Waals surface area contributed by atoms with Crippen LogP contribution in [0, 0.1) is 24.7 Å². The number of fused-ring (bicyclic) bond motifs is 1. The van der Waals surface area contributed by atoms with Crippen molar-refractivity contribution in [2.75, 3.05) is 5.32 Å². The van der Waals surface area contributed by atoms with Crippen molar-refractivity contribution in [3.8, 4) is 0 Å². The first kappa shape index (κ1) is 12.6. The standard InChI is InChI=1S/C15H18N2OS/c1-8-3-2-4-12(13(8)14(16)19)17-15(18)11-6-9-5-10(9)7-11/h2-4,9-11H,5-7H2,1H3,(H2,16,19)(H,17,18). The first-order valence-corrected chi connectivity index (χ1v) is 7.17. The number of aryl methyl sites for hydroxylation is 1. The normalized spacial score (nSPS) is 27.7. The Hall–Kier alpha value is -1.42. The molecule has 3 rings (SSSR count). The van der Waals surface area contributed by atoms with E-state index < -0.39 is 0 Å². The third-order valence-electron chi connectivity index (χ3n) is 4.39. The molecule has 0 radical (unpaired) electrons. The number of nitrogens with one attached hydrogen (secondary N) is 1. The summed E-state index contributed by atoms with van der Waals surface area (Å²) >= 11 is 5.08. The van der Waals surface area contributed by atoms with Crippen molar-refractivity contribution >= 4 is 28.8 Å². The average Bonchev–Trinajstić information content (AvgIpc) is 2.95. The second-order valence-electron chi connectivity index (χ2n) is 5.78. The van der Waals surface area contributed by atoms with Gasteiger partial charge in [-0.1, -0.05) is 24.4 Å². The van der Waals surface area contributed by atoms with E-state index in [1.54, 1.807) is 0 Å². The minimum atomic E-state index is 0.121. The SMILES string of the molecule is Cc1cccc(NC(=O)C2CC3CC3C2)c1C(N)=S. The Labute approximate surface area is 118 Å². The molecule has 3 nitrogen and oxygen atoms in total. The Balaban J connectivity index is 1.77. The van der Waals surface area contributed by atoms with Crippen LogP contribution in [-0.4, -0.2) is 10.9 Å². The van der Waals surface area contributed by atoms with E-state index in [-0.39, 0.29) is 11.8 Å². The molecule has 2 fully saturated rings. The number of benzene rings is 1. The van der Waals surface area contributed by atoms with Gasteiger partial charge in [0.25, 0.3) is 0 Å². The van der Waals surface area contributed by atoms with Gasteiger partial charge < -0.3 is 11.1 Å². The molecule has 1 amide bonds. The first-order valence-electron chi connectivity index (χ1n) is 6.76. The number of anilines is 1. The van der Waals surface area contributed by atoms with E-state index in [9.17, 15) is 4.79 Å².